The van der Waals surface area contributed by atoms with Crippen LogP contribution >= 0.6 is 11.6 Å². The Morgan fingerprint density at radius 1 is 1.03 bits per heavy atom. The van der Waals surface area contributed by atoms with E-state index in [9.17, 15) is 9.59 Å². The van der Waals surface area contributed by atoms with Crippen molar-refractivity contribution in [1.82, 2.24) is 10.6 Å². The topological polar surface area (TPSA) is 92.6 Å². The predicted octanol–water partition coefficient (Wildman–Crippen LogP) is 4.19. The number of carbonyl (C=O) groups is 2. The Labute approximate surface area is 173 Å². The Bertz CT molecular complexity index is 972. The van der Waals surface area contributed by atoms with Gasteiger partial charge in [0.1, 0.15) is 5.75 Å². The fourth-order valence-electron chi connectivity index (χ4n) is 2.61. The number of ether oxygens (including phenoxy) is 1. The van der Waals surface area contributed by atoms with Crippen LogP contribution in [0, 0.1) is 0 Å². The number of amides is 3. The molecule has 8 heteroatoms. The van der Waals surface area contributed by atoms with Crippen LogP contribution in [0.5, 0.6) is 5.75 Å². The molecular weight excluding hydrogens is 394 g/mol. The van der Waals surface area contributed by atoms with Crippen LogP contribution in [-0.4, -0.2) is 19.0 Å². The van der Waals surface area contributed by atoms with Gasteiger partial charge in [0.2, 0.25) is 0 Å². The molecule has 0 fully saturated rings. The minimum Gasteiger partial charge on any atom is -0.496 e. The lowest BCUT2D eigenvalue weighted by atomic mass is 10.2. The van der Waals surface area contributed by atoms with Crippen LogP contribution in [0.4, 0.5) is 10.5 Å². The number of benzene rings is 2. The Balaban J connectivity index is 1.47. The maximum absolute atomic E-state index is 12.1. The van der Waals surface area contributed by atoms with Crippen molar-refractivity contribution in [2.24, 2.45) is 0 Å². The molecule has 3 aromatic rings. The van der Waals surface area contributed by atoms with Crippen molar-refractivity contribution in [3.05, 3.63) is 82.8 Å². The summed E-state index contributed by atoms with van der Waals surface area (Å²) in [4.78, 5) is 24.0. The normalized spacial score (nSPS) is 10.3. The first-order valence-electron chi connectivity index (χ1n) is 8.83. The molecule has 1 heterocycles. The number of halogens is 1. The molecule has 2 aromatic carbocycles. The summed E-state index contributed by atoms with van der Waals surface area (Å²) in [5.41, 5.74) is 2.30. The van der Waals surface area contributed by atoms with E-state index in [1.807, 2.05) is 12.1 Å². The van der Waals surface area contributed by atoms with Gasteiger partial charge in [-0.1, -0.05) is 23.7 Å². The maximum atomic E-state index is 12.1. The van der Waals surface area contributed by atoms with E-state index in [1.54, 1.807) is 49.6 Å². The molecule has 0 atom stereocenters. The number of carbonyl (C=O) groups excluding carboxylic acids is 2. The van der Waals surface area contributed by atoms with Gasteiger partial charge >= 0.3 is 6.03 Å². The van der Waals surface area contributed by atoms with Crippen LogP contribution in [0.15, 0.2) is 65.3 Å². The molecule has 0 bridgehead atoms. The molecule has 0 unspecified atom stereocenters. The molecule has 0 aliphatic rings. The molecule has 0 aliphatic heterocycles. The average molecular weight is 414 g/mol. The second-order valence-electron chi connectivity index (χ2n) is 6.12. The van der Waals surface area contributed by atoms with Crippen LogP contribution in [0.1, 0.15) is 21.7 Å². The molecular formula is C21H20ClN3O4. The van der Waals surface area contributed by atoms with E-state index in [-0.39, 0.29) is 24.2 Å². The van der Waals surface area contributed by atoms with Gasteiger partial charge in [-0.3, -0.25) is 4.79 Å². The summed E-state index contributed by atoms with van der Waals surface area (Å²) in [5.74, 6) is 0.572. The minimum atomic E-state index is -0.323. The molecule has 0 spiro atoms. The van der Waals surface area contributed by atoms with Gasteiger partial charge < -0.3 is 25.1 Å². The van der Waals surface area contributed by atoms with Crippen LogP contribution in [0.3, 0.4) is 0 Å². The van der Waals surface area contributed by atoms with Crippen LogP contribution in [0.25, 0.3) is 0 Å². The zero-order chi connectivity index (χ0) is 20.6. The summed E-state index contributed by atoms with van der Waals surface area (Å²) in [6.45, 7) is 0.623. The third kappa shape index (κ3) is 5.76. The molecule has 29 heavy (non-hydrogen) atoms. The lowest BCUT2D eigenvalue weighted by Gasteiger charge is -2.11. The third-order valence-corrected chi connectivity index (χ3v) is 4.33. The van der Waals surface area contributed by atoms with Gasteiger partial charge in [-0.15, -0.1) is 0 Å². The zero-order valence-electron chi connectivity index (χ0n) is 15.7. The Morgan fingerprint density at radius 3 is 2.48 bits per heavy atom. The van der Waals surface area contributed by atoms with Gasteiger partial charge in [0.05, 0.1) is 13.4 Å². The molecule has 0 radical (unpaired) electrons. The lowest BCUT2D eigenvalue weighted by Crippen LogP contribution is -2.34. The SMILES string of the molecule is COc1ccc(Cl)cc1CNC(=O)NCc1ccc(NC(=O)c2ccco2)cc1. The highest BCUT2D eigenvalue weighted by molar-refractivity contribution is 6.30. The second-order valence-corrected chi connectivity index (χ2v) is 6.56. The van der Waals surface area contributed by atoms with Gasteiger partial charge in [-0.2, -0.15) is 0 Å². The molecule has 3 rings (SSSR count). The largest absolute Gasteiger partial charge is 0.496 e. The molecule has 3 N–H and O–H groups in total. The molecule has 0 saturated carbocycles. The quantitative estimate of drug-likeness (QED) is 0.541. The van der Waals surface area contributed by atoms with E-state index >= 15 is 0 Å². The molecule has 0 aliphatic carbocycles. The van der Waals surface area contributed by atoms with E-state index in [0.29, 0.717) is 23.0 Å². The van der Waals surface area contributed by atoms with E-state index in [1.165, 1.54) is 6.26 Å². The minimum absolute atomic E-state index is 0.240. The average Bonchev–Trinajstić information content (AvgIpc) is 3.27. The van der Waals surface area contributed by atoms with Crippen molar-refractivity contribution in [2.75, 3.05) is 12.4 Å². The number of urea groups is 1. The van der Waals surface area contributed by atoms with Crippen molar-refractivity contribution in [2.45, 2.75) is 13.1 Å². The number of hydrogen-bond donors (Lipinski definition) is 3. The highest BCUT2D eigenvalue weighted by Gasteiger charge is 2.09. The first-order chi connectivity index (χ1) is 14.0. The molecule has 3 amide bonds. The molecule has 150 valence electrons. The number of nitrogens with one attached hydrogen (secondary N) is 3. The van der Waals surface area contributed by atoms with Crippen molar-refractivity contribution < 1.29 is 18.7 Å². The van der Waals surface area contributed by atoms with Gasteiger partial charge in [0.15, 0.2) is 5.76 Å². The van der Waals surface area contributed by atoms with Gasteiger partial charge in [-0.25, -0.2) is 4.79 Å². The number of methoxy groups -OCH3 is 1. The number of furan rings is 1. The Morgan fingerprint density at radius 2 is 1.79 bits per heavy atom. The first kappa shape index (κ1) is 20.3. The van der Waals surface area contributed by atoms with Crippen LogP contribution < -0.4 is 20.7 Å². The second kappa shape index (κ2) is 9.66. The summed E-state index contributed by atoms with van der Waals surface area (Å²) in [7, 11) is 1.56. The van der Waals surface area contributed by atoms with E-state index in [4.69, 9.17) is 20.8 Å². The fourth-order valence-corrected chi connectivity index (χ4v) is 2.81. The fraction of sp³-hybridized carbons (Fsp3) is 0.143. The number of rotatable bonds is 7. The van der Waals surface area contributed by atoms with Crippen molar-refractivity contribution in [3.8, 4) is 5.75 Å². The Kier molecular flexibility index (Phi) is 6.76. The molecule has 7 nitrogen and oxygen atoms in total. The monoisotopic (exact) mass is 413 g/mol. The van der Waals surface area contributed by atoms with Gasteiger partial charge in [-0.05, 0) is 48.0 Å². The summed E-state index contributed by atoms with van der Waals surface area (Å²) in [6, 6.07) is 15.3. The summed E-state index contributed by atoms with van der Waals surface area (Å²) in [5, 5.41) is 8.85. The predicted molar refractivity (Wildman–Crippen MR) is 110 cm³/mol. The van der Waals surface area contributed by atoms with E-state index < -0.39 is 0 Å². The molecule has 1 aromatic heterocycles. The van der Waals surface area contributed by atoms with Crippen molar-refractivity contribution in [1.29, 1.82) is 0 Å². The van der Waals surface area contributed by atoms with Crippen LogP contribution in [-0.2, 0) is 13.1 Å². The first-order valence-corrected chi connectivity index (χ1v) is 9.21. The summed E-state index contributed by atoms with van der Waals surface area (Å²) >= 11 is 5.99. The van der Waals surface area contributed by atoms with Gasteiger partial charge in [0.25, 0.3) is 5.91 Å². The van der Waals surface area contributed by atoms with Crippen LogP contribution in [0.2, 0.25) is 5.02 Å². The van der Waals surface area contributed by atoms with Gasteiger partial charge in [0, 0.05) is 29.4 Å². The third-order valence-electron chi connectivity index (χ3n) is 4.09. The molecule has 0 saturated heterocycles. The lowest BCUT2D eigenvalue weighted by molar-refractivity contribution is 0.0996. The summed E-state index contributed by atoms with van der Waals surface area (Å²) < 4.78 is 10.3. The number of anilines is 1. The zero-order valence-corrected chi connectivity index (χ0v) is 16.5. The highest BCUT2D eigenvalue weighted by atomic mass is 35.5. The van der Waals surface area contributed by atoms with E-state index in [2.05, 4.69) is 16.0 Å². The van der Waals surface area contributed by atoms with E-state index in [0.717, 1.165) is 11.1 Å². The van der Waals surface area contributed by atoms with Crippen molar-refractivity contribution >= 4 is 29.2 Å². The standard InChI is InChI=1S/C21H20ClN3O4/c1-28-18-9-6-16(22)11-15(18)13-24-21(27)23-12-14-4-7-17(8-5-14)25-20(26)19-3-2-10-29-19/h2-11H,12-13H2,1H3,(H,25,26)(H2,23,24,27). The smallest absolute Gasteiger partial charge is 0.315 e. The Hall–Kier alpha value is -3.45. The van der Waals surface area contributed by atoms with Crippen molar-refractivity contribution in [3.63, 3.8) is 0 Å². The summed E-state index contributed by atoms with van der Waals surface area (Å²) in [6.07, 6.45) is 1.44. The number of hydrogen-bond acceptors (Lipinski definition) is 4. The maximum Gasteiger partial charge on any atom is 0.315 e. The highest BCUT2D eigenvalue weighted by Crippen LogP contribution is 2.22.